The number of carbonyl (C=O) groups excluding carboxylic acids is 1. The number of hydrogen-bond donors (Lipinski definition) is 2. The molecule has 0 radical (unpaired) electrons. The Hall–Kier alpha value is -1.91. The zero-order valence-corrected chi connectivity index (χ0v) is 9.74. The van der Waals surface area contributed by atoms with Crippen LogP contribution in [0.5, 0.6) is 11.5 Å². The summed E-state index contributed by atoms with van der Waals surface area (Å²) in [6, 6.07) is 3.45. The fourth-order valence-corrected chi connectivity index (χ4v) is 2.08. The quantitative estimate of drug-likeness (QED) is 0.778. The smallest absolute Gasteiger partial charge is 0.247 e. The highest BCUT2D eigenvalue weighted by molar-refractivity contribution is 6.03. The minimum absolute atomic E-state index is 0.00800. The number of rotatable bonds is 1. The summed E-state index contributed by atoms with van der Waals surface area (Å²) in [4.78, 5) is 11.9. The van der Waals surface area contributed by atoms with Gasteiger partial charge in [0.2, 0.25) is 12.7 Å². The third kappa shape index (κ3) is 1.58. The maximum atomic E-state index is 11.9. The van der Waals surface area contributed by atoms with Crippen molar-refractivity contribution < 1.29 is 14.3 Å². The molecule has 1 atom stereocenters. The van der Waals surface area contributed by atoms with Crippen LogP contribution in [-0.2, 0) is 4.79 Å². The van der Waals surface area contributed by atoms with Crippen molar-refractivity contribution in [3.8, 4) is 11.5 Å². The molecular weight excluding hydrogens is 220 g/mol. The van der Waals surface area contributed by atoms with E-state index in [1.165, 1.54) is 0 Å². The predicted molar refractivity (Wildman–Crippen MR) is 63.4 cm³/mol. The van der Waals surface area contributed by atoms with Crippen LogP contribution < -0.4 is 20.1 Å². The molecule has 0 saturated heterocycles. The summed E-state index contributed by atoms with van der Waals surface area (Å²) >= 11 is 0. The van der Waals surface area contributed by atoms with Gasteiger partial charge in [0.1, 0.15) is 6.04 Å². The van der Waals surface area contributed by atoms with Crippen LogP contribution in [0.2, 0.25) is 0 Å². The number of nitrogens with one attached hydrogen (secondary N) is 2. The topological polar surface area (TPSA) is 59.6 Å². The van der Waals surface area contributed by atoms with Gasteiger partial charge in [-0.2, -0.15) is 0 Å². The summed E-state index contributed by atoms with van der Waals surface area (Å²) in [7, 11) is 0. The maximum absolute atomic E-state index is 11.9. The van der Waals surface area contributed by atoms with Crippen LogP contribution in [0.4, 0.5) is 11.4 Å². The Labute approximate surface area is 99.1 Å². The molecule has 1 unspecified atom stereocenters. The molecule has 0 bridgehead atoms. The fraction of sp³-hybridized carbons (Fsp3) is 0.417. The second-order valence-electron chi connectivity index (χ2n) is 4.61. The minimum atomic E-state index is -0.206. The molecule has 90 valence electrons. The van der Waals surface area contributed by atoms with Crippen LogP contribution in [0.3, 0.4) is 0 Å². The van der Waals surface area contributed by atoms with Gasteiger partial charge in [-0.15, -0.1) is 0 Å². The summed E-state index contributed by atoms with van der Waals surface area (Å²) in [6.45, 7) is 4.25. The summed E-state index contributed by atoms with van der Waals surface area (Å²) in [5.41, 5.74) is 1.63. The number of hydrogen-bond acceptors (Lipinski definition) is 4. The first kappa shape index (κ1) is 10.3. The molecule has 0 fully saturated rings. The highest BCUT2D eigenvalue weighted by atomic mass is 16.7. The van der Waals surface area contributed by atoms with Crippen LogP contribution >= 0.6 is 0 Å². The van der Waals surface area contributed by atoms with Gasteiger partial charge in [0.15, 0.2) is 11.5 Å². The van der Waals surface area contributed by atoms with Crippen molar-refractivity contribution in [2.45, 2.75) is 19.9 Å². The van der Waals surface area contributed by atoms with E-state index in [-0.39, 0.29) is 24.7 Å². The average Bonchev–Trinajstić information content (AvgIpc) is 2.71. The van der Waals surface area contributed by atoms with E-state index in [4.69, 9.17) is 9.47 Å². The Morgan fingerprint density at radius 3 is 2.53 bits per heavy atom. The lowest BCUT2D eigenvalue weighted by atomic mass is 10.0. The largest absolute Gasteiger partial charge is 0.454 e. The summed E-state index contributed by atoms with van der Waals surface area (Å²) in [5.74, 6) is 1.61. The van der Waals surface area contributed by atoms with Crippen molar-refractivity contribution >= 4 is 17.3 Å². The van der Waals surface area contributed by atoms with E-state index in [1.54, 1.807) is 6.07 Å². The standard InChI is InChI=1S/C12H14N2O3/c1-6(2)11-12(15)14-8-4-10-9(16-5-17-10)3-7(8)13-11/h3-4,6,11,13H,5H2,1-2H3,(H,14,15). The summed E-state index contributed by atoms with van der Waals surface area (Å²) in [5, 5.41) is 6.11. The molecule has 0 spiro atoms. The zero-order chi connectivity index (χ0) is 12.0. The number of carbonyl (C=O) groups is 1. The normalized spacial score (nSPS) is 20.9. The first-order chi connectivity index (χ1) is 8.15. The maximum Gasteiger partial charge on any atom is 0.247 e. The van der Waals surface area contributed by atoms with Gasteiger partial charge in [0, 0.05) is 12.1 Å². The number of amides is 1. The van der Waals surface area contributed by atoms with Gasteiger partial charge in [-0.1, -0.05) is 13.8 Å². The van der Waals surface area contributed by atoms with Crippen molar-refractivity contribution in [3.63, 3.8) is 0 Å². The Balaban J connectivity index is 1.99. The van der Waals surface area contributed by atoms with Crippen LogP contribution in [0.1, 0.15) is 13.8 Å². The molecule has 5 nitrogen and oxygen atoms in total. The van der Waals surface area contributed by atoms with Crippen molar-refractivity contribution in [2.75, 3.05) is 17.4 Å². The van der Waals surface area contributed by atoms with Gasteiger partial charge in [-0.25, -0.2) is 0 Å². The Kier molecular flexibility index (Phi) is 2.14. The molecular formula is C12H14N2O3. The molecule has 5 heteroatoms. The van der Waals surface area contributed by atoms with Crippen molar-refractivity contribution in [1.82, 2.24) is 0 Å². The van der Waals surface area contributed by atoms with Crippen molar-refractivity contribution in [1.29, 1.82) is 0 Å². The Morgan fingerprint density at radius 1 is 1.24 bits per heavy atom. The molecule has 2 heterocycles. The van der Waals surface area contributed by atoms with E-state index in [0.717, 1.165) is 17.1 Å². The lowest BCUT2D eigenvalue weighted by molar-refractivity contribution is -0.117. The third-order valence-electron chi connectivity index (χ3n) is 3.03. The molecule has 1 aromatic rings. The van der Waals surface area contributed by atoms with Gasteiger partial charge in [0.25, 0.3) is 0 Å². The zero-order valence-electron chi connectivity index (χ0n) is 9.74. The van der Waals surface area contributed by atoms with E-state index in [2.05, 4.69) is 10.6 Å². The summed E-state index contributed by atoms with van der Waals surface area (Å²) < 4.78 is 10.6. The second-order valence-corrected chi connectivity index (χ2v) is 4.61. The van der Waals surface area contributed by atoms with Gasteiger partial charge >= 0.3 is 0 Å². The highest BCUT2D eigenvalue weighted by Gasteiger charge is 2.29. The second kappa shape index (κ2) is 3.55. The van der Waals surface area contributed by atoms with Gasteiger partial charge in [-0.05, 0) is 5.92 Å². The van der Waals surface area contributed by atoms with Crippen LogP contribution in [0.25, 0.3) is 0 Å². The van der Waals surface area contributed by atoms with E-state index in [0.29, 0.717) is 5.75 Å². The lowest BCUT2D eigenvalue weighted by Gasteiger charge is -2.29. The number of benzene rings is 1. The SMILES string of the molecule is CC(C)C1Nc2cc3c(cc2NC1=O)OCO3. The van der Waals surface area contributed by atoms with Crippen molar-refractivity contribution in [3.05, 3.63) is 12.1 Å². The van der Waals surface area contributed by atoms with E-state index < -0.39 is 0 Å². The fourth-order valence-electron chi connectivity index (χ4n) is 2.08. The molecule has 0 saturated carbocycles. The van der Waals surface area contributed by atoms with Crippen LogP contribution in [0, 0.1) is 5.92 Å². The molecule has 1 aromatic carbocycles. The molecule has 17 heavy (non-hydrogen) atoms. The summed E-state index contributed by atoms with van der Waals surface area (Å²) in [6.07, 6.45) is 0. The Morgan fingerprint density at radius 2 is 1.88 bits per heavy atom. The van der Waals surface area contributed by atoms with Gasteiger partial charge < -0.3 is 20.1 Å². The van der Waals surface area contributed by atoms with Gasteiger partial charge in [0.05, 0.1) is 11.4 Å². The monoisotopic (exact) mass is 234 g/mol. The molecule has 2 N–H and O–H groups in total. The molecule has 0 aliphatic carbocycles. The number of anilines is 2. The van der Waals surface area contributed by atoms with Crippen molar-refractivity contribution in [2.24, 2.45) is 5.92 Å². The van der Waals surface area contributed by atoms with E-state index in [1.807, 2.05) is 19.9 Å². The van der Waals surface area contributed by atoms with Crippen LogP contribution in [-0.4, -0.2) is 18.7 Å². The molecule has 2 aliphatic rings. The number of fused-ring (bicyclic) bond motifs is 2. The highest BCUT2D eigenvalue weighted by Crippen LogP contribution is 2.41. The van der Waals surface area contributed by atoms with E-state index >= 15 is 0 Å². The molecule has 2 aliphatic heterocycles. The minimum Gasteiger partial charge on any atom is -0.454 e. The lowest BCUT2D eigenvalue weighted by Crippen LogP contribution is -2.42. The predicted octanol–water partition coefficient (Wildman–Crippen LogP) is 1.80. The Bertz CT molecular complexity index is 485. The van der Waals surface area contributed by atoms with Gasteiger partial charge in [-0.3, -0.25) is 4.79 Å². The molecule has 1 amide bonds. The number of ether oxygens (including phenoxy) is 2. The van der Waals surface area contributed by atoms with E-state index in [9.17, 15) is 4.79 Å². The first-order valence-electron chi connectivity index (χ1n) is 5.66. The van der Waals surface area contributed by atoms with Crippen LogP contribution in [0.15, 0.2) is 12.1 Å². The first-order valence-corrected chi connectivity index (χ1v) is 5.66. The molecule has 3 rings (SSSR count). The molecule has 0 aromatic heterocycles. The third-order valence-corrected chi connectivity index (χ3v) is 3.03. The average molecular weight is 234 g/mol.